The van der Waals surface area contributed by atoms with Crippen molar-refractivity contribution in [3.63, 3.8) is 0 Å². The van der Waals surface area contributed by atoms with E-state index in [9.17, 15) is 14.4 Å². The third kappa shape index (κ3) is 1.92. The highest BCUT2D eigenvalue weighted by Crippen LogP contribution is 2.61. The predicted molar refractivity (Wildman–Crippen MR) is 112 cm³/mol. The number of carbonyl (C=O) groups is 3. The van der Waals surface area contributed by atoms with Gasteiger partial charge in [-0.15, -0.1) is 0 Å². The van der Waals surface area contributed by atoms with Gasteiger partial charge in [-0.1, -0.05) is 35.9 Å². The summed E-state index contributed by atoms with van der Waals surface area (Å²) in [5.41, 5.74) is 1.64. The fraction of sp³-hybridized carbons (Fsp3) is 0.348. The SMILES string of the molecule is Cc1c(Cl)ccc2c1NC(=O)[C@]21[C@@H]2C(=O)N(c3ccccc3)C(=O)[C@@H]2[C@@H]2CCCN21. The van der Waals surface area contributed by atoms with Crippen LogP contribution in [0.5, 0.6) is 0 Å². The van der Waals surface area contributed by atoms with Crippen LogP contribution in [0.2, 0.25) is 5.02 Å². The minimum Gasteiger partial charge on any atom is -0.324 e. The number of nitrogens with one attached hydrogen (secondary N) is 1. The zero-order chi connectivity index (χ0) is 20.8. The summed E-state index contributed by atoms with van der Waals surface area (Å²) in [7, 11) is 0. The summed E-state index contributed by atoms with van der Waals surface area (Å²) < 4.78 is 0. The average molecular weight is 422 g/mol. The van der Waals surface area contributed by atoms with Crippen molar-refractivity contribution in [2.45, 2.75) is 31.3 Å². The Hall–Kier alpha value is -2.70. The number of imide groups is 1. The van der Waals surface area contributed by atoms with Crippen LogP contribution in [0.3, 0.4) is 0 Å². The molecular formula is C23H20ClN3O3. The summed E-state index contributed by atoms with van der Waals surface area (Å²) in [6.07, 6.45) is 1.71. The quantitative estimate of drug-likeness (QED) is 0.718. The van der Waals surface area contributed by atoms with Crippen molar-refractivity contribution in [3.8, 4) is 0 Å². The van der Waals surface area contributed by atoms with Gasteiger partial charge in [-0.3, -0.25) is 19.3 Å². The highest BCUT2D eigenvalue weighted by molar-refractivity contribution is 6.32. The standard InChI is InChI=1S/C23H20ClN3O3/c1-12-15(24)10-9-14-19(12)25-22(30)23(14)18-17(16-8-5-11-26(16)23)20(28)27(21(18)29)13-6-3-2-4-7-13/h2-4,6-7,9-10,16-18H,5,8,11H2,1H3,(H,25,30)/t16-,17+,18-,23+/m0/s1. The summed E-state index contributed by atoms with van der Waals surface area (Å²) in [5, 5.41) is 3.58. The topological polar surface area (TPSA) is 69.7 Å². The molecule has 1 N–H and O–H groups in total. The summed E-state index contributed by atoms with van der Waals surface area (Å²) in [5.74, 6) is -1.97. The van der Waals surface area contributed by atoms with Crippen LogP contribution in [0.15, 0.2) is 42.5 Å². The number of carbonyl (C=O) groups excluding carboxylic acids is 3. The number of hydrogen-bond acceptors (Lipinski definition) is 4. The molecule has 152 valence electrons. The van der Waals surface area contributed by atoms with E-state index in [0.29, 0.717) is 22.9 Å². The van der Waals surface area contributed by atoms with Gasteiger partial charge in [0.05, 0.1) is 23.2 Å². The maximum absolute atomic E-state index is 13.8. The third-order valence-electron chi connectivity index (χ3n) is 7.38. The van der Waals surface area contributed by atoms with E-state index in [2.05, 4.69) is 10.2 Å². The molecule has 2 aromatic rings. The highest BCUT2D eigenvalue weighted by atomic mass is 35.5. The van der Waals surface area contributed by atoms with Gasteiger partial charge in [0.25, 0.3) is 0 Å². The molecule has 6 rings (SSSR count). The molecule has 4 atom stereocenters. The molecule has 0 radical (unpaired) electrons. The normalized spacial score (nSPS) is 32.0. The first-order valence-corrected chi connectivity index (χ1v) is 10.7. The van der Waals surface area contributed by atoms with Crippen LogP contribution in [0.4, 0.5) is 11.4 Å². The Labute approximate surface area is 178 Å². The number of anilines is 2. The summed E-state index contributed by atoms with van der Waals surface area (Å²) >= 11 is 6.32. The van der Waals surface area contributed by atoms with Gasteiger partial charge in [-0.25, -0.2) is 4.90 Å². The molecule has 0 aromatic heterocycles. The van der Waals surface area contributed by atoms with Gasteiger partial charge in [0.2, 0.25) is 17.7 Å². The molecule has 0 aliphatic carbocycles. The van der Waals surface area contributed by atoms with E-state index in [0.717, 1.165) is 24.0 Å². The lowest BCUT2D eigenvalue weighted by Gasteiger charge is -2.36. The van der Waals surface area contributed by atoms with Gasteiger partial charge in [0, 0.05) is 16.6 Å². The number of benzene rings is 2. The molecular weight excluding hydrogens is 402 g/mol. The third-order valence-corrected chi connectivity index (χ3v) is 7.79. The maximum atomic E-state index is 13.8. The van der Waals surface area contributed by atoms with Gasteiger partial charge in [0.1, 0.15) is 5.54 Å². The molecule has 30 heavy (non-hydrogen) atoms. The van der Waals surface area contributed by atoms with E-state index in [1.165, 1.54) is 4.90 Å². The van der Waals surface area contributed by atoms with Crippen LogP contribution < -0.4 is 10.2 Å². The molecule has 6 nitrogen and oxygen atoms in total. The molecule has 0 bridgehead atoms. The summed E-state index contributed by atoms with van der Waals surface area (Å²) in [4.78, 5) is 44.3. The minimum atomic E-state index is -1.16. The number of para-hydroxylation sites is 1. The molecule has 7 heteroatoms. The van der Waals surface area contributed by atoms with Crippen molar-refractivity contribution >= 4 is 40.7 Å². The van der Waals surface area contributed by atoms with Crippen molar-refractivity contribution in [2.24, 2.45) is 11.8 Å². The molecule has 2 aromatic carbocycles. The zero-order valence-electron chi connectivity index (χ0n) is 16.4. The second kappa shape index (κ2) is 5.93. The van der Waals surface area contributed by atoms with Crippen LogP contribution in [0.1, 0.15) is 24.0 Å². The van der Waals surface area contributed by atoms with Crippen molar-refractivity contribution in [1.29, 1.82) is 0 Å². The lowest BCUT2D eigenvalue weighted by Crippen LogP contribution is -2.54. The average Bonchev–Trinajstić information content (AvgIpc) is 3.44. The second-order valence-corrected chi connectivity index (χ2v) is 8.98. The van der Waals surface area contributed by atoms with E-state index in [-0.39, 0.29) is 23.8 Å². The van der Waals surface area contributed by atoms with Gasteiger partial charge in [-0.2, -0.15) is 0 Å². The lowest BCUT2D eigenvalue weighted by atomic mass is 9.75. The molecule has 4 aliphatic heterocycles. The van der Waals surface area contributed by atoms with Crippen molar-refractivity contribution in [3.05, 3.63) is 58.6 Å². The van der Waals surface area contributed by atoms with E-state index in [1.54, 1.807) is 18.2 Å². The van der Waals surface area contributed by atoms with Crippen molar-refractivity contribution in [1.82, 2.24) is 4.90 Å². The Bertz CT molecular complexity index is 1130. The molecule has 0 saturated carbocycles. The fourth-order valence-corrected chi connectivity index (χ4v) is 6.38. The van der Waals surface area contributed by atoms with E-state index >= 15 is 0 Å². The summed E-state index contributed by atoms with van der Waals surface area (Å²) in [6, 6.07) is 12.5. The van der Waals surface area contributed by atoms with Crippen LogP contribution in [0, 0.1) is 18.8 Å². The lowest BCUT2D eigenvalue weighted by molar-refractivity contribution is -0.135. The van der Waals surface area contributed by atoms with Crippen LogP contribution in [-0.2, 0) is 19.9 Å². The predicted octanol–water partition coefficient (Wildman–Crippen LogP) is 3.08. The van der Waals surface area contributed by atoms with E-state index in [1.807, 2.05) is 31.2 Å². The zero-order valence-corrected chi connectivity index (χ0v) is 17.1. The Balaban J connectivity index is 1.59. The monoisotopic (exact) mass is 421 g/mol. The van der Waals surface area contributed by atoms with Gasteiger partial charge in [-0.05, 0) is 50.1 Å². The van der Waals surface area contributed by atoms with Gasteiger partial charge in [0.15, 0.2) is 0 Å². The highest BCUT2D eigenvalue weighted by Gasteiger charge is 2.74. The Kier molecular flexibility index (Phi) is 3.58. The Morgan fingerprint density at radius 1 is 1.07 bits per heavy atom. The summed E-state index contributed by atoms with van der Waals surface area (Å²) in [6.45, 7) is 2.56. The first kappa shape index (κ1) is 18.1. The van der Waals surface area contributed by atoms with Crippen LogP contribution in [-0.4, -0.2) is 35.2 Å². The maximum Gasteiger partial charge on any atom is 0.250 e. The molecule has 0 unspecified atom stereocenters. The van der Waals surface area contributed by atoms with Crippen LogP contribution in [0.25, 0.3) is 0 Å². The van der Waals surface area contributed by atoms with Crippen molar-refractivity contribution < 1.29 is 14.4 Å². The van der Waals surface area contributed by atoms with Crippen molar-refractivity contribution in [2.75, 3.05) is 16.8 Å². The number of hydrogen-bond donors (Lipinski definition) is 1. The molecule has 4 aliphatic rings. The minimum absolute atomic E-state index is 0.118. The number of halogens is 1. The fourth-order valence-electron chi connectivity index (χ4n) is 6.22. The number of rotatable bonds is 1. The molecule has 3 amide bonds. The smallest absolute Gasteiger partial charge is 0.250 e. The number of fused-ring (bicyclic) bond motifs is 7. The number of nitrogens with zero attached hydrogens (tertiary/aromatic N) is 2. The van der Waals surface area contributed by atoms with Gasteiger partial charge < -0.3 is 5.32 Å². The Morgan fingerprint density at radius 2 is 1.83 bits per heavy atom. The molecule has 1 spiro atoms. The Morgan fingerprint density at radius 3 is 2.60 bits per heavy atom. The van der Waals surface area contributed by atoms with Gasteiger partial charge >= 0.3 is 0 Å². The van der Waals surface area contributed by atoms with Crippen LogP contribution >= 0.6 is 11.6 Å². The van der Waals surface area contributed by atoms with E-state index < -0.39 is 17.4 Å². The van der Waals surface area contributed by atoms with E-state index in [4.69, 9.17) is 11.6 Å². The molecule has 4 heterocycles. The largest absolute Gasteiger partial charge is 0.324 e. The first-order chi connectivity index (χ1) is 14.5. The number of amides is 3. The molecule has 3 fully saturated rings. The first-order valence-electron chi connectivity index (χ1n) is 10.3. The second-order valence-electron chi connectivity index (χ2n) is 8.57. The molecule has 3 saturated heterocycles.